The molecule has 0 fully saturated rings. The highest BCUT2D eigenvalue weighted by Crippen LogP contribution is 2.33. The summed E-state index contributed by atoms with van der Waals surface area (Å²) in [5.74, 6) is 1.63. The molecule has 4 aromatic rings. The zero-order chi connectivity index (χ0) is 24.1. The number of hydrogen-bond acceptors (Lipinski definition) is 8. The van der Waals surface area contributed by atoms with Gasteiger partial charge in [0, 0.05) is 23.6 Å². The van der Waals surface area contributed by atoms with E-state index >= 15 is 0 Å². The highest BCUT2D eigenvalue weighted by Gasteiger charge is 2.22. The number of rotatable bonds is 9. The van der Waals surface area contributed by atoms with Gasteiger partial charge in [-0.25, -0.2) is 14.8 Å². The molecule has 4 rings (SSSR count). The van der Waals surface area contributed by atoms with Crippen molar-refractivity contribution >= 4 is 11.5 Å². The first-order valence-corrected chi connectivity index (χ1v) is 10.5. The molecule has 11 heteroatoms. The summed E-state index contributed by atoms with van der Waals surface area (Å²) in [5, 5.41) is 15.4. The smallest absolute Gasteiger partial charge is 0.350 e. The van der Waals surface area contributed by atoms with Gasteiger partial charge in [-0.15, -0.1) is 9.78 Å². The fourth-order valence-electron chi connectivity index (χ4n) is 3.37. The van der Waals surface area contributed by atoms with Gasteiger partial charge in [0.05, 0.1) is 13.7 Å². The van der Waals surface area contributed by atoms with Gasteiger partial charge in [-0.1, -0.05) is 6.07 Å². The minimum absolute atomic E-state index is 0.0229. The van der Waals surface area contributed by atoms with E-state index in [-0.39, 0.29) is 11.8 Å². The maximum atomic E-state index is 12.7. The van der Waals surface area contributed by atoms with Crippen molar-refractivity contribution in [3.05, 3.63) is 88.4 Å². The number of amidine groups is 1. The Kier molecular flexibility index (Phi) is 6.53. The zero-order valence-electron chi connectivity index (χ0n) is 18.6. The summed E-state index contributed by atoms with van der Waals surface area (Å²) in [6.45, 7) is 2.39. The van der Waals surface area contributed by atoms with Gasteiger partial charge in [0.1, 0.15) is 11.9 Å². The highest BCUT2D eigenvalue weighted by atomic mass is 16.5. The molecule has 11 nitrogen and oxygen atoms in total. The Hall–Kier alpha value is -4.67. The van der Waals surface area contributed by atoms with Gasteiger partial charge >= 0.3 is 5.69 Å². The maximum Gasteiger partial charge on any atom is 0.350 e. The SMILES string of the molecule is CCOc1ccc(C(Nc2ccc(C(=N)N)cc2)c2nn(-c3ncccn3)c(=O)[nH]2)cc1OC. The Balaban J connectivity index is 1.77. The van der Waals surface area contributed by atoms with Crippen LogP contribution in [0.4, 0.5) is 5.69 Å². The standard InChI is InChI=1S/C23H24N8O3/c1-3-34-17-10-7-15(13-18(17)33-2)19(28-16-8-5-14(6-9-16)20(24)25)21-29-23(32)31(30-21)22-26-11-4-12-27-22/h4-13,19,28H,3H2,1-2H3,(H3,24,25)(H,29,30,32). The molecule has 34 heavy (non-hydrogen) atoms. The van der Waals surface area contributed by atoms with Gasteiger partial charge in [-0.2, -0.15) is 0 Å². The van der Waals surface area contributed by atoms with Crippen LogP contribution >= 0.6 is 0 Å². The van der Waals surface area contributed by atoms with Crippen molar-refractivity contribution in [1.82, 2.24) is 24.7 Å². The molecule has 2 aromatic heterocycles. The second-order valence-electron chi connectivity index (χ2n) is 7.19. The van der Waals surface area contributed by atoms with Crippen molar-refractivity contribution in [2.75, 3.05) is 19.0 Å². The fraction of sp³-hybridized carbons (Fsp3) is 0.174. The molecule has 0 aliphatic rings. The lowest BCUT2D eigenvalue weighted by Gasteiger charge is -2.20. The first-order chi connectivity index (χ1) is 16.5. The molecule has 0 radical (unpaired) electrons. The summed E-state index contributed by atoms with van der Waals surface area (Å²) in [5.41, 5.74) is 7.19. The predicted molar refractivity (Wildman–Crippen MR) is 127 cm³/mol. The minimum Gasteiger partial charge on any atom is -0.493 e. The van der Waals surface area contributed by atoms with Crippen LogP contribution in [0.1, 0.15) is 29.9 Å². The number of nitrogens with one attached hydrogen (secondary N) is 3. The summed E-state index contributed by atoms with van der Waals surface area (Å²) >= 11 is 0. The number of nitrogen functional groups attached to an aromatic ring is 1. The van der Waals surface area contributed by atoms with E-state index < -0.39 is 11.7 Å². The number of anilines is 1. The van der Waals surface area contributed by atoms with Crippen molar-refractivity contribution in [1.29, 1.82) is 5.41 Å². The fourth-order valence-corrected chi connectivity index (χ4v) is 3.37. The number of hydrogen-bond donors (Lipinski definition) is 4. The molecule has 0 spiro atoms. The van der Waals surface area contributed by atoms with Gasteiger partial charge in [-0.05, 0) is 55.0 Å². The van der Waals surface area contributed by atoms with Crippen LogP contribution in [0.25, 0.3) is 5.95 Å². The molecule has 5 N–H and O–H groups in total. The number of benzene rings is 2. The topological polar surface area (TPSA) is 157 Å². The Bertz CT molecular complexity index is 1330. The van der Waals surface area contributed by atoms with E-state index in [1.54, 1.807) is 43.5 Å². The van der Waals surface area contributed by atoms with Crippen molar-refractivity contribution in [2.45, 2.75) is 13.0 Å². The number of nitrogens with zero attached hydrogens (tertiary/aromatic N) is 4. The monoisotopic (exact) mass is 460 g/mol. The Labute approximate surface area is 195 Å². The van der Waals surface area contributed by atoms with Crippen molar-refractivity contribution in [3.8, 4) is 17.4 Å². The first-order valence-electron chi connectivity index (χ1n) is 10.5. The third-order valence-electron chi connectivity index (χ3n) is 4.98. The number of aromatic nitrogens is 5. The molecule has 0 saturated carbocycles. The van der Waals surface area contributed by atoms with Crippen LogP contribution in [-0.4, -0.2) is 44.3 Å². The maximum absolute atomic E-state index is 12.7. The Morgan fingerprint density at radius 3 is 2.56 bits per heavy atom. The molecule has 1 atom stereocenters. The molecule has 0 aliphatic carbocycles. The van der Waals surface area contributed by atoms with Crippen LogP contribution in [0.2, 0.25) is 0 Å². The molecule has 0 amide bonds. The van der Waals surface area contributed by atoms with Crippen LogP contribution in [0.3, 0.4) is 0 Å². The van der Waals surface area contributed by atoms with Gasteiger partial charge in [0.25, 0.3) is 5.95 Å². The molecule has 0 bridgehead atoms. The minimum atomic E-state index is -0.564. The summed E-state index contributed by atoms with van der Waals surface area (Å²) in [6, 6.07) is 13.7. The van der Waals surface area contributed by atoms with Crippen molar-refractivity contribution in [3.63, 3.8) is 0 Å². The lowest BCUT2D eigenvalue weighted by Crippen LogP contribution is -2.18. The molecule has 0 aliphatic heterocycles. The normalized spacial score (nSPS) is 11.6. The van der Waals surface area contributed by atoms with Crippen LogP contribution in [0.5, 0.6) is 11.5 Å². The first kappa shape index (κ1) is 22.5. The van der Waals surface area contributed by atoms with Crippen LogP contribution in [0, 0.1) is 5.41 Å². The van der Waals surface area contributed by atoms with Crippen molar-refractivity contribution < 1.29 is 9.47 Å². The van der Waals surface area contributed by atoms with E-state index in [1.165, 1.54) is 12.4 Å². The molecule has 2 heterocycles. The highest BCUT2D eigenvalue weighted by molar-refractivity contribution is 5.95. The van der Waals surface area contributed by atoms with Gasteiger partial charge in [0.15, 0.2) is 17.3 Å². The summed E-state index contributed by atoms with van der Waals surface area (Å²) in [7, 11) is 1.56. The van der Waals surface area contributed by atoms with E-state index in [4.69, 9.17) is 20.6 Å². The average Bonchev–Trinajstić information content (AvgIpc) is 3.25. The summed E-state index contributed by atoms with van der Waals surface area (Å²) < 4.78 is 12.2. The molecular formula is C23H24N8O3. The molecule has 0 saturated heterocycles. The van der Waals surface area contributed by atoms with Crippen LogP contribution in [0.15, 0.2) is 65.7 Å². The van der Waals surface area contributed by atoms with Crippen LogP contribution < -0.4 is 26.2 Å². The zero-order valence-corrected chi connectivity index (χ0v) is 18.6. The third-order valence-corrected chi connectivity index (χ3v) is 4.98. The quantitative estimate of drug-likeness (QED) is 0.219. The van der Waals surface area contributed by atoms with E-state index in [9.17, 15) is 4.79 Å². The van der Waals surface area contributed by atoms with Gasteiger partial charge in [0.2, 0.25) is 0 Å². The van der Waals surface area contributed by atoms with Crippen molar-refractivity contribution in [2.24, 2.45) is 5.73 Å². The summed E-state index contributed by atoms with van der Waals surface area (Å²) in [4.78, 5) is 23.7. The van der Waals surface area contributed by atoms with E-state index in [0.717, 1.165) is 15.9 Å². The molecule has 2 aromatic carbocycles. The summed E-state index contributed by atoms with van der Waals surface area (Å²) in [6.07, 6.45) is 3.07. The van der Waals surface area contributed by atoms with Gasteiger partial charge < -0.3 is 20.5 Å². The number of nitrogens with two attached hydrogens (primary N) is 1. The van der Waals surface area contributed by atoms with Crippen LogP contribution in [-0.2, 0) is 0 Å². The number of methoxy groups -OCH3 is 1. The third kappa shape index (κ3) is 4.72. The number of H-pyrrole nitrogens is 1. The average molecular weight is 460 g/mol. The lowest BCUT2D eigenvalue weighted by atomic mass is 10.0. The van der Waals surface area contributed by atoms with Gasteiger partial charge in [-0.3, -0.25) is 10.4 Å². The second kappa shape index (κ2) is 9.86. The van der Waals surface area contributed by atoms with E-state index in [1.807, 2.05) is 19.1 Å². The largest absolute Gasteiger partial charge is 0.493 e. The number of aromatic amines is 1. The lowest BCUT2D eigenvalue weighted by molar-refractivity contribution is 0.310. The molecule has 1 unspecified atom stereocenters. The predicted octanol–water partition coefficient (Wildman–Crippen LogP) is 2.24. The molecule has 174 valence electrons. The van der Waals surface area contributed by atoms with E-state index in [0.29, 0.717) is 29.5 Å². The Morgan fingerprint density at radius 2 is 1.91 bits per heavy atom. The molecular weight excluding hydrogens is 436 g/mol. The second-order valence-corrected chi connectivity index (χ2v) is 7.19. The Morgan fingerprint density at radius 1 is 1.18 bits per heavy atom. The number of ether oxygens (including phenoxy) is 2. The van der Waals surface area contributed by atoms with E-state index in [2.05, 4.69) is 25.4 Å².